The predicted octanol–water partition coefficient (Wildman–Crippen LogP) is 3.61. The van der Waals surface area contributed by atoms with E-state index in [1.807, 2.05) is 36.4 Å². The average Bonchev–Trinajstić information content (AvgIpc) is 2.34. The van der Waals surface area contributed by atoms with E-state index in [1.165, 1.54) is 0 Å². The van der Waals surface area contributed by atoms with Gasteiger partial charge in [-0.1, -0.05) is 35.9 Å². The largest absolute Gasteiger partial charge is 0.456 e. The number of hydrogen-bond acceptors (Lipinski definition) is 3. The molecule has 0 radical (unpaired) electrons. The number of nitrogens with one attached hydrogen (secondary N) is 1. The zero-order valence-corrected chi connectivity index (χ0v) is 9.82. The monoisotopic (exact) mass is 249 g/mol. The molecule has 0 unspecified atom stereocenters. The Balaban J connectivity index is 2.17. The van der Waals surface area contributed by atoms with Crippen molar-refractivity contribution in [1.82, 2.24) is 5.48 Å². The lowest BCUT2D eigenvalue weighted by molar-refractivity contribution is 0.161. The summed E-state index contributed by atoms with van der Waals surface area (Å²) in [6, 6.07) is 14.8. The lowest BCUT2D eigenvalue weighted by Gasteiger charge is -2.08. The van der Waals surface area contributed by atoms with Crippen molar-refractivity contribution < 1.29 is 9.94 Å². The molecule has 0 aromatic heterocycles. The van der Waals surface area contributed by atoms with Crippen LogP contribution in [-0.4, -0.2) is 5.21 Å². The maximum Gasteiger partial charge on any atom is 0.146 e. The zero-order valence-electron chi connectivity index (χ0n) is 9.06. The molecule has 4 heteroatoms. The second-order valence-corrected chi connectivity index (χ2v) is 3.92. The van der Waals surface area contributed by atoms with E-state index < -0.39 is 0 Å². The molecule has 0 heterocycles. The van der Waals surface area contributed by atoms with E-state index in [2.05, 4.69) is 5.48 Å². The van der Waals surface area contributed by atoms with Crippen LogP contribution in [0.4, 0.5) is 0 Å². The minimum atomic E-state index is 0.353. The van der Waals surface area contributed by atoms with E-state index in [0.717, 1.165) is 11.3 Å². The minimum Gasteiger partial charge on any atom is -0.456 e. The van der Waals surface area contributed by atoms with Gasteiger partial charge in [-0.05, 0) is 29.8 Å². The van der Waals surface area contributed by atoms with Crippen LogP contribution in [0.1, 0.15) is 5.56 Å². The molecular formula is C13H12ClNO2. The van der Waals surface area contributed by atoms with Crippen LogP contribution in [0.25, 0.3) is 0 Å². The van der Waals surface area contributed by atoms with Crippen molar-refractivity contribution in [3.8, 4) is 11.5 Å². The van der Waals surface area contributed by atoms with E-state index in [-0.39, 0.29) is 0 Å². The number of para-hydroxylation sites is 1. The summed E-state index contributed by atoms with van der Waals surface area (Å²) in [4.78, 5) is 0. The summed E-state index contributed by atoms with van der Waals surface area (Å²) in [5.74, 6) is 1.34. The number of ether oxygens (including phenoxy) is 1. The Bertz CT molecular complexity index is 488. The molecular weight excluding hydrogens is 238 g/mol. The molecule has 17 heavy (non-hydrogen) atoms. The third-order valence-corrected chi connectivity index (χ3v) is 2.55. The zero-order chi connectivity index (χ0) is 12.1. The fourth-order valence-corrected chi connectivity index (χ4v) is 1.69. The minimum absolute atomic E-state index is 0.353. The molecule has 0 amide bonds. The van der Waals surface area contributed by atoms with Crippen molar-refractivity contribution in [1.29, 1.82) is 0 Å². The Hall–Kier alpha value is -1.55. The van der Waals surface area contributed by atoms with Gasteiger partial charge in [-0.3, -0.25) is 0 Å². The highest BCUT2D eigenvalue weighted by Gasteiger charge is 2.04. The molecule has 2 aromatic rings. The molecule has 2 aromatic carbocycles. The number of benzene rings is 2. The molecule has 0 saturated carbocycles. The van der Waals surface area contributed by atoms with E-state index >= 15 is 0 Å². The Kier molecular flexibility index (Phi) is 3.98. The molecule has 2 rings (SSSR count). The molecule has 0 aliphatic rings. The molecule has 3 nitrogen and oxygen atoms in total. The second-order valence-electron chi connectivity index (χ2n) is 3.51. The van der Waals surface area contributed by atoms with E-state index in [9.17, 15) is 0 Å². The Morgan fingerprint density at radius 3 is 2.53 bits per heavy atom. The summed E-state index contributed by atoms with van der Waals surface area (Å²) in [5, 5.41) is 9.11. The van der Waals surface area contributed by atoms with Gasteiger partial charge in [0.1, 0.15) is 11.5 Å². The fourth-order valence-electron chi connectivity index (χ4n) is 1.44. The first-order chi connectivity index (χ1) is 8.29. The average molecular weight is 250 g/mol. The predicted molar refractivity (Wildman–Crippen MR) is 66.6 cm³/mol. The van der Waals surface area contributed by atoms with Crippen LogP contribution in [-0.2, 0) is 6.54 Å². The van der Waals surface area contributed by atoms with E-state index in [1.54, 1.807) is 12.1 Å². The second kappa shape index (κ2) is 5.68. The van der Waals surface area contributed by atoms with Crippen LogP contribution >= 0.6 is 11.6 Å². The summed E-state index contributed by atoms with van der Waals surface area (Å²) < 4.78 is 5.63. The first kappa shape index (κ1) is 11.9. The van der Waals surface area contributed by atoms with E-state index in [0.29, 0.717) is 17.3 Å². The van der Waals surface area contributed by atoms with Gasteiger partial charge in [0.2, 0.25) is 0 Å². The SMILES string of the molecule is ONCc1ccc(Oc2ccccc2)c(Cl)c1. The smallest absolute Gasteiger partial charge is 0.146 e. The quantitative estimate of drug-likeness (QED) is 0.814. The van der Waals surface area contributed by atoms with E-state index in [4.69, 9.17) is 21.5 Å². The number of halogens is 1. The maximum absolute atomic E-state index is 8.59. The summed E-state index contributed by atoms with van der Waals surface area (Å²) in [6.45, 7) is 0.353. The number of hydroxylamine groups is 1. The Morgan fingerprint density at radius 2 is 1.88 bits per heavy atom. The van der Waals surface area contributed by atoms with Gasteiger partial charge in [-0.25, -0.2) is 5.48 Å². The van der Waals surface area contributed by atoms with Crippen molar-refractivity contribution in [2.45, 2.75) is 6.54 Å². The molecule has 0 bridgehead atoms. The molecule has 0 atom stereocenters. The van der Waals surface area contributed by atoms with Crippen molar-refractivity contribution in [3.63, 3.8) is 0 Å². The van der Waals surface area contributed by atoms with Crippen LogP contribution < -0.4 is 10.2 Å². The number of rotatable bonds is 4. The van der Waals surface area contributed by atoms with Gasteiger partial charge in [-0.15, -0.1) is 0 Å². The first-order valence-corrected chi connectivity index (χ1v) is 5.55. The van der Waals surface area contributed by atoms with Crippen molar-refractivity contribution in [3.05, 3.63) is 59.1 Å². The fraction of sp³-hybridized carbons (Fsp3) is 0.0769. The molecule has 0 saturated heterocycles. The third kappa shape index (κ3) is 3.20. The van der Waals surface area contributed by atoms with Crippen molar-refractivity contribution >= 4 is 11.6 Å². The topological polar surface area (TPSA) is 41.5 Å². The molecule has 0 aliphatic heterocycles. The summed E-state index contributed by atoms with van der Waals surface area (Å²) in [7, 11) is 0. The van der Waals surface area contributed by atoms with Gasteiger partial charge in [0, 0.05) is 6.54 Å². The van der Waals surface area contributed by atoms with Crippen molar-refractivity contribution in [2.75, 3.05) is 0 Å². The highest BCUT2D eigenvalue weighted by Crippen LogP contribution is 2.29. The van der Waals surface area contributed by atoms with Gasteiger partial charge in [0.15, 0.2) is 0 Å². The lowest BCUT2D eigenvalue weighted by Crippen LogP contribution is -2.05. The summed E-state index contributed by atoms with van der Waals surface area (Å²) in [6.07, 6.45) is 0. The molecule has 0 fully saturated rings. The molecule has 88 valence electrons. The van der Waals surface area contributed by atoms with Crippen LogP contribution in [0.5, 0.6) is 11.5 Å². The normalized spacial score (nSPS) is 10.2. The van der Waals surface area contributed by atoms with Gasteiger partial charge < -0.3 is 9.94 Å². The standard InChI is InChI=1S/C13H12ClNO2/c14-12-8-10(9-15-16)6-7-13(12)17-11-4-2-1-3-5-11/h1-8,15-16H,9H2. The van der Waals surface area contributed by atoms with Crippen molar-refractivity contribution in [2.24, 2.45) is 0 Å². The summed E-state index contributed by atoms with van der Waals surface area (Å²) >= 11 is 6.08. The van der Waals surface area contributed by atoms with Gasteiger partial charge in [0.25, 0.3) is 0 Å². The molecule has 2 N–H and O–H groups in total. The third-order valence-electron chi connectivity index (χ3n) is 2.25. The maximum atomic E-state index is 8.59. The highest BCUT2D eigenvalue weighted by atomic mass is 35.5. The van der Waals surface area contributed by atoms with Gasteiger partial charge in [-0.2, -0.15) is 0 Å². The molecule has 0 spiro atoms. The van der Waals surface area contributed by atoms with Crippen LogP contribution in [0.15, 0.2) is 48.5 Å². The first-order valence-electron chi connectivity index (χ1n) is 5.18. The molecule has 0 aliphatic carbocycles. The Labute approximate surface area is 105 Å². The van der Waals surface area contributed by atoms with Crippen LogP contribution in [0.3, 0.4) is 0 Å². The Morgan fingerprint density at radius 1 is 1.12 bits per heavy atom. The lowest BCUT2D eigenvalue weighted by atomic mass is 10.2. The van der Waals surface area contributed by atoms with Crippen LogP contribution in [0.2, 0.25) is 5.02 Å². The van der Waals surface area contributed by atoms with Gasteiger partial charge in [0.05, 0.1) is 5.02 Å². The van der Waals surface area contributed by atoms with Gasteiger partial charge >= 0.3 is 0 Å². The highest BCUT2D eigenvalue weighted by molar-refractivity contribution is 6.32. The van der Waals surface area contributed by atoms with Crippen LogP contribution in [0, 0.1) is 0 Å². The summed E-state index contributed by atoms with van der Waals surface area (Å²) in [5.41, 5.74) is 2.97. The number of hydrogen-bond donors (Lipinski definition) is 2.